The van der Waals surface area contributed by atoms with Gasteiger partial charge in [0.15, 0.2) is 17.5 Å². The van der Waals surface area contributed by atoms with Gasteiger partial charge in [-0.25, -0.2) is 15.0 Å². The lowest BCUT2D eigenvalue weighted by Gasteiger charge is -2.23. The molecule has 238 valence electrons. The highest BCUT2D eigenvalue weighted by Crippen LogP contribution is 2.54. The van der Waals surface area contributed by atoms with E-state index in [1.807, 2.05) is 0 Å². The Bertz CT molecular complexity index is 2720. The van der Waals surface area contributed by atoms with E-state index in [4.69, 9.17) is 15.0 Å². The molecule has 0 aliphatic heterocycles. The van der Waals surface area contributed by atoms with Crippen molar-refractivity contribution in [2.24, 2.45) is 0 Å². The molecule has 0 spiro atoms. The first kappa shape index (κ1) is 29.0. The van der Waals surface area contributed by atoms with Crippen LogP contribution >= 0.6 is 0 Å². The van der Waals surface area contributed by atoms with Crippen LogP contribution in [0.25, 0.3) is 78.0 Å². The Balaban J connectivity index is 1.27. The summed E-state index contributed by atoms with van der Waals surface area (Å²) >= 11 is 0. The minimum atomic E-state index is -0.164. The molecule has 0 radical (unpaired) electrons. The quantitative estimate of drug-likeness (QED) is 0.193. The first-order chi connectivity index (χ1) is 24.3. The van der Waals surface area contributed by atoms with E-state index in [1.165, 1.54) is 55.3 Å². The third-order valence-corrected chi connectivity index (χ3v) is 11.3. The molecule has 0 amide bonds. The lowest BCUT2D eigenvalue weighted by Crippen LogP contribution is -2.15. The lowest BCUT2D eigenvalue weighted by atomic mass is 9.81. The Kier molecular flexibility index (Phi) is 5.97. The smallest absolute Gasteiger partial charge is 0.165 e. The maximum atomic E-state index is 5.41. The first-order valence-electron chi connectivity index (χ1n) is 17.5. The van der Waals surface area contributed by atoms with E-state index in [1.54, 1.807) is 0 Å². The first-order valence-corrected chi connectivity index (χ1v) is 17.5. The van der Waals surface area contributed by atoms with Gasteiger partial charge in [0.2, 0.25) is 0 Å². The molecule has 7 aromatic carbocycles. The summed E-state index contributed by atoms with van der Waals surface area (Å²) in [4.78, 5) is 16.0. The number of nitrogens with zero attached hydrogens (tertiary/aromatic N) is 3. The highest BCUT2D eigenvalue weighted by Gasteiger charge is 2.39. The van der Waals surface area contributed by atoms with Crippen LogP contribution in [0.2, 0.25) is 0 Å². The van der Waals surface area contributed by atoms with Gasteiger partial charge >= 0.3 is 0 Å². The van der Waals surface area contributed by atoms with Crippen LogP contribution in [0.1, 0.15) is 49.9 Å². The number of hydrogen-bond donors (Lipinski definition) is 0. The zero-order valence-corrected chi connectivity index (χ0v) is 28.6. The van der Waals surface area contributed by atoms with Crippen LogP contribution in [0, 0.1) is 0 Å². The summed E-state index contributed by atoms with van der Waals surface area (Å²) < 4.78 is 0. The fourth-order valence-corrected chi connectivity index (χ4v) is 8.66. The Morgan fingerprint density at radius 3 is 1.68 bits per heavy atom. The molecular formula is C47H35N3. The topological polar surface area (TPSA) is 38.7 Å². The number of benzene rings is 7. The summed E-state index contributed by atoms with van der Waals surface area (Å²) in [5, 5.41) is 4.68. The maximum Gasteiger partial charge on any atom is 0.165 e. The molecule has 1 aromatic heterocycles. The van der Waals surface area contributed by atoms with Crippen molar-refractivity contribution in [1.29, 1.82) is 0 Å². The maximum absolute atomic E-state index is 5.41. The van der Waals surface area contributed by atoms with Gasteiger partial charge in [0.1, 0.15) is 0 Å². The number of rotatable bonds is 3. The van der Waals surface area contributed by atoms with Crippen molar-refractivity contribution in [2.45, 2.75) is 38.5 Å². The summed E-state index contributed by atoms with van der Waals surface area (Å²) in [5.74, 6) is 2.05. The molecule has 2 aliphatic rings. The van der Waals surface area contributed by atoms with Gasteiger partial charge in [0.25, 0.3) is 0 Å². The summed E-state index contributed by atoms with van der Waals surface area (Å²) in [5.41, 5.74) is 13.1. The van der Waals surface area contributed by atoms with E-state index in [9.17, 15) is 0 Å². The van der Waals surface area contributed by atoms with Crippen molar-refractivity contribution in [3.63, 3.8) is 0 Å². The van der Waals surface area contributed by atoms with Gasteiger partial charge in [-0.15, -0.1) is 0 Å². The van der Waals surface area contributed by atoms with Crippen LogP contribution in [-0.4, -0.2) is 15.0 Å². The molecule has 1 heterocycles. The Labute approximate surface area is 292 Å². The van der Waals surface area contributed by atoms with Crippen molar-refractivity contribution in [3.05, 3.63) is 162 Å². The van der Waals surface area contributed by atoms with Gasteiger partial charge in [-0.1, -0.05) is 149 Å². The van der Waals surface area contributed by atoms with Gasteiger partial charge < -0.3 is 0 Å². The third-order valence-electron chi connectivity index (χ3n) is 11.3. The zero-order valence-electron chi connectivity index (χ0n) is 28.6. The number of fused-ring (bicyclic) bond motifs is 8. The minimum Gasteiger partial charge on any atom is -0.208 e. The van der Waals surface area contributed by atoms with Gasteiger partial charge in [-0.3, -0.25) is 0 Å². The Morgan fingerprint density at radius 1 is 0.360 bits per heavy atom. The molecule has 50 heavy (non-hydrogen) atoms. The van der Waals surface area contributed by atoms with E-state index in [0.29, 0.717) is 17.5 Å². The van der Waals surface area contributed by atoms with Gasteiger partial charge in [0, 0.05) is 27.5 Å². The average Bonchev–Trinajstić information content (AvgIpc) is 3.52. The molecule has 10 rings (SSSR count). The highest BCUT2D eigenvalue weighted by molar-refractivity contribution is 6.07. The average molecular weight is 642 g/mol. The molecule has 0 saturated carbocycles. The van der Waals surface area contributed by atoms with Gasteiger partial charge in [-0.2, -0.15) is 0 Å². The van der Waals surface area contributed by atoms with Crippen LogP contribution < -0.4 is 0 Å². The number of hydrogen-bond acceptors (Lipinski definition) is 3. The minimum absolute atomic E-state index is 0.134. The molecule has 0 saturated heterocycles. The molecule has 0 fully saturated rings. The lowest BCUT2D eigenvalue weighted by molar-refractivity contribution is 0.660. The normalized spacial score (nSPS) is 14.7. The van der Waals surface area contributed by atoms with Crippen LogP contribution in [0.5, 0.6) is 0 Å². The third kappa shape index (κ3) is 4.07. The standard InChI is InChI=1S/C47H35N3/c1-46(2)37-19-11-9-17-34(37)35-24-23-32(27-39(35)46)44-48-43(31-22-21-28-13-5-6-14-29(28)25-31)49-45(50-44)42-33-16-8-7-15-30(33)26-40-41(42)36-18-10-12-20-38(36)47(40,3)4/h5-27H,1-4H3. The largest absolute Gasteiger partial charge is 0.208 e. The fourth-order valence-electron chi connectivity index (χ4n) is 8.66. The summed E-state index contributed by atoms with van der Waals surface area (Å²) in [7, 11) is 0. The molecule has 3 heteroatoms. The van der Waals surface area contributed by atoms with Gasteiger partial charge in [-0.05, 0) is 84.3 Å². The second kappa shape index (κ2) is 10.3. The second-order valence-corrected chi connectivity index (χ2v) is 14.9. The van der Waals surface area contributed by atoms with Crippen LogP contribution in [0.4, 0.5) is 0 Å². The van der Waals surface area contributed by atoms with E-state index in [-0.39, 0.29) is 10.8 Å². The predicted molar refractivity (Wildman–Crippen MR) is 206 cm³/mol. The zero-order chi connectivity index (χ0) is 33.8. The predicted octanol–water partition coefficient (Wildman–Crippen LogP) is 11.8. The number of aromatic nitrogens is 3. The van der Waals surface area contributed by atoms with Crippen molar-refractivity contribution in [2.75, 3.05) is 0 Å². The van der Waals surface area contributed by atoms with Crippen LogP contribution in [0.3, 0.4) is 0 Å². The summed E-state index contributed by atoms with van der Waals surface area (Å²) in [6.45, 7) is 9.30. The molecule has 2 aliphatic carbocycles. The fraction of sp³-hybridized carbons (Fsp3) is 0.128. The molecule has 0 atom stereocenters. The Morgan fingerprint density at radius 2 is 0.900 bits per heavy atom. The SMILES string of the molecule is CC1(C)c2ccccc2-c2ccc(-c3nc(-c4ccc5ccccc5c4)nc(-c4c5c(cc6ccccc46)C(C)(C)c4ccccc4-5)n3)cc21. The van der Waals surface area contributed by atoms with Crippen molar-refractivity contribution in [3.8, 4) is 56.4 Å². The summed E-state index contributed by atoms with van der Waals surface area (Å²) in [6, 6.07) is 50.4. The molecule has 3 nitrogen and oxygen atoms in total. The van der Waals surface area contributed by atoms with Crippen LogP contribution in [0.15, 0.2) is 140 Å². The Hall–Kier alpha value is -5.93. The van der Waals surface area contributed by atoms with Crippen molar-refractivity contribution < 1.29 is 0 Å². The van der Waals surface area contributed by atoms with Crippen molar-refractivity contribution >= 4 is 21.5 Å². The van der Waals surface area contributed by atoms with E-state index in [2.05, 4.69) is 167 Å². The van der Waals surface area contributed by atoms with E-state index < -0.39 is 0 Å². The van der Waals surface area contributed by atoms with Gasteiger partial charge in [0.05, 0.1) is 0 Å². The molecular weight excluding hydrogens is 607 g/mol. The molecule has 0 N–H and O–H groups in total. The molecule has 8 aromatic rings. The molecule has 0 unspecified atom stereocenters. The van der Waals surface area contributed by atoms with Crippen molar-refractivity contribution in [1.82, 2.24) is 15.0 Å². The highest BCUT2D eigenvalue weighted by atomic mass is 15.0. The van der Waals surface area contributed by atoms with Crippen LogP contribution in [-0.2, 0) is 10.8 Å². The second-order valence-electron chi connectivity index (χ2n) is 14.9. The summed E-state index contributed by atoms with van der Waals surface area (Å²) in [6.07, 6.45) is 0. The van der Waals surface area contributed by atoms with E-state index >= 15 is 0 Å². The monoisotopic (exact) mass is 641 g/mol. The van der Waals surface area contributed by atoms with E-state index in [0.717, 1.165) is 27.5 Å². The molecule has 0 bridgehead atoms.